The predicted octanol–water partition coefficient (Wildman–Crippen LogP) is 2.26. The standard InChI is InChI=1S/C23H31N3O6S/c1-5-25(6-2)33(29,30)18-10-12-22(27)24(15-18)16-23(28)26-13-7-8-20(26)19-11-9-17(31-3)14-21(19)32-4/h9-12,14-15,20H,5-8,13,16H2,1-4H3. The van der Waals surface area contributed by atoms with Crippen molar-refractivity contribution in [3.8, 4) is 11.5 Å². The van der Waals surface area contributed by atoms with E-state index in [-0.39, 0.29) is 23.4 Å². The van der Waals surface area contributed by atoms with Crippen molar-refractivity contribution in [1.82, 2.24) is 13.8 Å². The summed E-state index contributed by atoms with van der Waals surface area (Å²) in [7, 11) is -0.599. The van der Waals surface area contributed by atoms with Crippen LogP contribution in [-0.2, 0) is 21.4 Å². The highest BCUT2D eigenvalue weighted by molar-refractivity contribution is 7.89. The average Bonchev–Trinajstić information content (AvgIpc) is 3.30. The van der Waals surface area contributed by atoms with Crippen LogP contribution >= 0.6 is 0 Å². The molecule has 3 rings (SSSR count). The highest BCUT2D eigenvalue weighted by Crippen LogP contribution is 2.38. The van der Waals surface area contributed by atoms with Crippen LogP contribution in [0.5, 0.6) is 11.5 Å². The first-order valence-electron chi connectivity index (χ1n) is 11.0. The number of rotatable bonds is 9. The number of nitrogens with zero attached hydrogens (tertiary/aromatic N) is 3. The Bertz CT molecular complexity index is 1160. The molecule has 1 aliphatic rings. The van der Waals surface area contributed by atoms with Crippen molar-refractivity contribution in [2.45, 2.75) is 44.2 Å². The molecule has 1 unspecified atom stereocenters. The second-order valence-electron chi connectivity index (χ2n) is 7.77. The molecule has 1 aliphatic heterocycles. The molecule has 0 N–H and O–H groups in total. The maximum atomic E-state index is 13.2. The van der Waals surface area contributed by atoms with Crippen molar-refractivity contribution < 1.29 is 22.7 Å². The molecule has 1 aromatic heterocycles. The number of pyridine rings is 1. The van der Waals surface area contributed by atoms with E-state index < -0.39 is 15.6 Å². The van der Waals surface area contributed by atoms with E-state index in [0.717, 1.165) is 18.4 Å². The molecular formula is C23H31N3O6S. The molecule has 0 aliphatic carbocycles. The molecule has 2 aromatic rings. The van der Waals surface area contributed by atoms with Crippen LogP contribution in [0, 0.1) is 0 Å². The second kappa shape index (κ2) is 10.4. The number of sulfonamides is 1. The van der Waals surface area contributed by atoms with Gasteiger partial charge in [0.2, 0.25) is 15.9 Å². The number of amides is 1. The molecule has 180 valence electrons. The Morgan fingerprint density at radius 3 is 2.48 bits per heavy atom. The van der Waals surface area contributed by atoms with Gasteiger partial charge in [0, 0.05) is 43.5 Å². The predicted molar refractivity (Wildman–Crippen MR) is 124 cm³/mol. The smallest absolute Gasteiger partial charge is 0.251 e. The topological polar surface area (TPSA) is 98.2 Å². The van der Waals surface area contributed by atoms with Gasteiger partial charge < -0.3 is 18.9 Å². The lowest BCUT2D eigenvalue weighted by Crippen LogP contribution is -2.37. The molecule has 2 heterocycles. The van der Waals surface area contributed by atoms with E-state index in [9.17, 15) is 18.0 Å². The molecule has 10 heteroatoms. The Kier molecular flexibility index (Phi) is 7.80. The third-order valence-electron chi connectivity index (χ3n) is 5.98. The lowest BCUT2D eigenvalue weighted by Gasteiger charge is -2.27. The maximum absolute atomic E-state index is 13.2. The number of ether oxygens (including phenoxy) is 2. The highest BCUT2D eigenvalue weighted by atomic mass is 32.2. The van der Waals surface area contributed by atoms with Crippen molar-refractivity contribution >= 4 is 15.9 Å². The van der Waals surface area contributed by atoms with Crippen molar-refractivity contribution in [3.05, 3.63) is 52.4 Å². The van der Waals surface area contributed by atoms with Gasteiger partial charge in [-0.1, -0.05) is 13.8 Å². The van der Waals surface area contributed by atoms with Crippen LogP contribution in [-0.4, -0.2) is 62.0 Å². The number of likely N-dealkylation sites (tertiary alicyclic amines) is 1. The summed E-state index contributed by atoms with van der Waals surface area (Å²) in [6.07, 6.45) is 2.84. The Labute approximate surface area is 194 Å². The van der Waals surface area contributed by atoms with Crippen molar-refractivity contribution in [2.75, 3.05) is 33.9 Å². The molecule has 9 nitrogen and oxygen atoms in total. The van der Waals surface area contributed by atoms with E-state index in [1.807, 2.05) is 12.1 Å². The number of benzene rings is 1. The second-order valence-corrected chi connectivity index (χ2v) is 9.71. The van der Waals surface area contributed by atoms with E-state index in [4.69, 9.17) is 9.47 Å². The molecule has 33 heavy (non-hydrogen) atoms. The fraction of sp³-hybridized carbons (Fsp3) is 0.478. The average molecular weight is 478 g/mol. The summed E-state index contributed by atoms with van der Waals surface area (Å²) in [6, 6.07) is 7.77. The number of methoxy groups -OCH3 is 2. The molecule has 0 spiro atoms. The normalized spacial score (nSPS) is 16.3. The third-order valence-corrected chi connectivity index (χ3v) is 8.01. The zero-order valence-electron chi connectivity index (χ0n) is 19.5. The fourth-order valence-electron chi connectivity index (χ4n) is 4.22. The Balaban J connectivity index is 1.88. The van der Waals surface area contributed by atoms with Gasteiger partial charge in [-0.05, 0) is 31.0 Å². The lowest BCUT2D eigenvalue weighted by molar-refractivity contribution is -0.132. The van der Waals surface area contributed by atoms with E-state index in [0.29, 0.717) is 31.1 Å². The maximum Gasteiger partial charge on any atom is 0.251 e. The first kappa shape index (κ1) is 24.8. The summed E-state index contributed by atoms with van der Waals surface area (Å²) in [6.45, 7) is 4.44. The third kappa shape index (κ3) is 5.06. The first-order valence-corrected chi connectivity index (χ1v) is 12.4. The Hall–Kier alpha value is -2.85. The van der Waals surface area contributed by atoms with Gasteiger partial charge in [-0.3, -0.25) is 9.59 Å². The number of carbonyl (C=O) groups is 1. The molecule has 1 saturated heterocycles. The van der Waals surface area contributed by atoms with E-state index >= 15 is 0 Å². The minimum atomic E-state index is -3.74. The van der Waals surface area contributed by atoms with E-state index in [1.165, 1.54) is 27.2 Å². The molecule has 0 radical (unpaired) electrons. The fourth-order valence-corrected chi connectivity index (χ4v) is 5.70. The van der Waals surface area contributed by atoms with Crippen LogP contribution in [0.1, 0.15) is 38.3 Å². The van der Waals surface area contributed by atoms with Crippen LogP contribution in [0.4, 0.5) is 0 Å². The molecule has 0 bridgehead atoms. The zero-order valence-corrected chi connectivity index (χ0v) is 20.3. The van der Waals surface area contributed by atoms with Gasteiger partial charge >= 0.3 is 0 Å². The van der Waals surface area contributed by atoms with E-state index in [1.54, 1.807) is 39.0 Å². The van der Waals surface area contributed by atoms with Gasteiger partial charge in [-0.15, -0.1) is 0 Å². The molecule has 1 amide bonds. The van der Waals surface area contributed by atoms with E-state index in [2.05, 4.69) is 0 Å². The van der Waals surface area contributed by atoms with Crippen LogP contribution in [0.15, 0.2) is 46.2 Å². The first-order chi connectivity index (χ1) is 15.8. The van der Waals surface area contributed by atoms with Gasteiger partial charge in [0.05, 0.1) is 25.2 Å². The zero-order chi connectivity index (χ0) is 24.2. The summed E-state index contributed by atoms with van der Waals surface area (Å²) in [5.74, 6) is 1.03. The van der Waals surface area contributed by atoms with Crippen LogP contribution in [0.3, 0.4) is 0 Å². The van der Waals surface area contributed by atoms with Gasteiger partial charge in [0.25, 0.3) is 5.56 Å². The Morgan fingerprint density at radius 2 is 1.85 bits per heavy atom. The molecule has 1 atom stereocenters. The summed E-state index contributed by atoms with van der Waals surface area (Å²) < 4.78 is 39.0. The van der Waals surface area contributed by atoms with Crippen LogP contribution in [0.25, 0.3) is 0 Å². The number of aromatic nitrogens is 1. The van der Waals surface area contributed by atoms with Crippen LogP contribution < -0.4 is 15.0 Å². The van der Waals surface area contributed by atoms with Crippen molar-refractivity contribution in [2.24, 2.45) is 0 Å². The number of hydrogen-bond acceptors (Lipinski definition) is 6. The van der Waals surface area contributed by atoms with Crippen LogP contribution in [0.2, 0.25) is 0 Å². The molecular weight excluding hydrogens is 446 g/mol. The minimum Gasteiger partial charge on any atom is -0.497 e. The summed E-state index contributed by atoms with van der Waals surface area (Å²) >= 11 is 0. The Morgan fingerprint density at radius 1 is 1.12 bits per heavy atom. The quantitative estimate of drug-likeness (QED) is 0.550. The monoisotopic (exact) mass is 477 g/mol. The minimum absolute atomic E-state index is 0.00612. The number of carbonyl (C=O) groups excluding carboxylic acids is 1. The van der Waals surface area contributed by atoms with Gasteiger partial charge in [0.15, 0.2) is 0 Å². The molecule has 1 fully saturated rings. The summed E-state index contributed by atoms with van der Waals surface area (Å²) in [5, 5.41) is 0. The molecule has 1 aromatic carbocycles. The van der Waals surface area contributed by atoms with Gasteiger partial charge in [-0.2, -0.15) is 4.31 Å². The molecule has 0 saturated carbocycles. The van der Waals surface area contributed by atoms with Gasteiger partial charge in [-0.25, -0.2) is 8.42 Å². The SMILES string of the molecule is CCN(CC)S(=O)(=O)c1ccc(=O)n(CC(=O)N2CCCC2c2ccc(OC)cc2OC)c1. The summed E-state index contributed by atoms with van der Waals surface area (Å²) in [5.41, 5.74) is 0.439. The highest BCUT2D eigenvalue weighted by Gasteiger charge is 2.32. The summed E-state index contributed by atoms with van der Waals surface area (Å²) in [4.78, 5) is 27.4. The van der Waals surface area contributed by atoms with Crippen molar-refractivity contribution in [3.63, 3.8) is 0 Å². The number of hydrogen-bond donors (Lipinski definition) is 0. The van der Waals surface area contributed by atoms with Gasteiger partial charge in [0.1, 0.15) is 18.0 Å². The lowest BCUT2D eigenvalue weighted by atomic mass is 10.0. The largest absolute Gasteiger partial charge is 0.497 e. The van der Waals surface area contributed by atoms with Crippen molar-refractivity contribution in [1.29, 1.82) is 0 Å².